The Morgan fingerprint density at radius 2 is 2.24 bits per heavy atom. The summed E-state index contributed by atoms with van der Waals surface area (Å²) < 4.78 is 13.3. The molecule has 0 spiro atoms. The lowest BCUT2D eigenvalue weighted by Gasteiger charge is -2.09. The number of hydrogen-bond donors (Lipinski definition) is 1. The minimum absolute atomic E-state index is 0.0950. The third-order valence-electron chi connectivity index (χ3n) is 5.39. The molecule has 1 fully saturated rings. The third kappa shape index (κ3) is 3.38. The Labute approximate surface area is 167 Å². The quantitative estimate of drug-likeness (QED) is 0.564. The first-order valence-corrected chi connectivity index (χ1v) is 9.88. The highest BCUT2D eigenvalue weighted by atomic mass is 16.5. The van der Waals surface area contributed by atoms with Crippen LogP contribution in [0.15, 0.2) is 47.1 Å². The highest BCUT2D eigenvalue weighted by Gasteiger charge is 2.22. The molecule has 1 aliphatic heterocycles. The van der Waals surface area contributed by atoms with Gasteiger partial charge in [0, 0.05) is 36.5 Å². The van der Waals surface area contributed by atoms with Crippen LogP contribution in [0.3, 0.4) is 0 Å². The van der Waals surface area contributed by atoms with Gasteiger partial charge in [0.25, 0.3) is 5.91 Å². The van der Waals surface area contributed by atoms with E-state index in [0.29, 0.717) is 24.4 Å². The van der Waals surface area contributed by atoms with Crippen LogP contribution in [0, 0.1) is 6.92 Å². The van der Waals surface area contributed by atoms with Gasteiger partial charge >= 0.3 is 0 Å². The van der Waals surface area contributed by atoms with Crippen LogP contribution >= 0.6 is 0 Å². The van der Waals surface area contributed by atoms with Crippen LogP contribution in [0.1, 0.15) is 34.7 Å². The number of carbonyl (C=O) groups is 1. The van der Waals surface area contributed by atoms with E-state index in [-0.39, 0.29) is 12.0 Å². The van der Waals surface area contributed by atoms with Gasteiger partial charge in [-0.3, -0.25) is 14.5 Å². The first-order chi connectivity index (χ1) is 14.2. The highest BCUT2D eigenvalue weighted by molar-refractivity contribution is 6.09. The maximum Gasteiger partial charge on any atom is 0.287 e. The van der Waals surface area contributed by atoms with E-state index in [1.54, 1.807) is 6.20 Å². The molecule has 29 heavy (non-hydrogen) atoms. The Hall–Kier alpha value is -3.19. The molecule has 1 saturated heterocycles. The monoisotopic (exact) mass is 390 g/mol. The first-order valence-electron chi connectivity index (χ1n) is 9.88. The van der Waals surface area contributed by atoms with Crippen molar-refractivity contribution in [2.24, 2.45) is 0 Å². The Morgan fingerprint density at radius 1 is 1.31 bits per heavy atom. The molecule has 7 heteroatoms. The van der Waals surface area contributed by atoms with Crippen molar-refractivity contribution < 1.29 is 13.9 Å². The Bertz CT molecular complexity index is 1170. The summed E-state index contributed by atoms with van der Waals surface area (Å²) in [6.45, 7) is 3.76. The number of amides is 1. The topological polar surface area (TPSA) is 82.2 Å². The van der Waals surface area contributed by atoms with Crippen LogP contribution in [-0.2, 0) is 11.3 Å². The Morgan fingerprint density at radius 3 is 3.03 bits per heavy atom. The molecule has 1 atom stereocenters. The molecular weight excluding hydrogens is 368 g/mol. The fourth-order valence-electron chi connectivity index (χ4n) is 3.91. The molecule has 5 rings (SSSR count). The van der Waals surface area contributed by atoms with Gasteiger partial charge in [0.2, 0.25) is 0 Å². The van der Waals surface area contributed by atoms with Gasteiger partial charge in [0.1, 0.15) is 11.1 Å². The summed E-state index contributed by atoms with van der Waals surface area (Å²) in [5, 5.41) is 9.56. The second-order valence-electron chi connectivity index (χ2n) is 7.43. The fraction of sp³-hybridized carbons (Fsp3) is 0.318. The molecule has 1 aliphatic rings. The maximum absolute atomic E-state index is 12.7. The van der Waals surface area contributed by atoms with E-state index in [0.717, 1.165) is 47.0 Å². The smallest absolute Gasteiger partial charge is 0.287 e. The molecule has 0 saturated carbocycles. The van der Waals surface area contributed by atoms with Crippen LogP contribution in [0.4, 0.5) is 0 Å². The lowest BCUT2D eigenvalue weighted by Crippen LogP contribution is -2.31. The number of hydrogen-bond acceptors (Lipinski definition) is 5. The van der Waals surface area contributed by atoms with Gasteiger partial charge in [-0.25, -0.2) is 0 Å². The second-order valence-corrected chi connectivity index (χ2v) is 7.43. The molecule has 0 bridgehead atoms. The van der Waals surface area contributed by atoms with Gasteiger partial charge in [0.05, 0.1) is 23.7 Å². The van der Waals surface area contributed by atoms with E-state index in [9.17, 15) is 4.79 Å². The van der Waals surface area contributed by atoms with Crippen molar-refractivity contribution in [3.63, 3.8) is 0 Å². The molecule has 1 aromatic carbocycles. The van der Waals surface area contributed by atoms with Crippen LogP contribution in [0.5, 0.6) is 0 Å². The molecule has 0 radical (unpaired) electrons. The van der Waals surface area contributed by atoms with E-state index in [4.69, 9.17) is 14.3 Å². The SMILES string of the molecule is Cc1c(C(=O)NC[C@@H]2CCCO2)oc2ccc3cn(Cc4ccccn4)nc3c12. The van der Waals surface area contributed by atoms with Crippen molar-refractivity contribution in [2.75, 3.05) is 13.2 Å². The van der Waals surface area contributed by atoms with Crippen LogP contribution < -0.4 is 5.32 Å². The number of rotatable bonds is 5. The van der Waals surface area contributed by atoms with Crippen LogP contribution in [0.25, 0.3) is 21.9 Å². The summed E-state index contributed by atoms with van der Waals surface area (Å²) in [6.07, 6.45) is 5.89. The van der Waals surface area contributed by atoms with Gasteiger partial charge in [-0.2, -0.15) is 5.10 Å². The third-order valence-corrected chi connectivity index (χ3v) is 5.39. The summed E-state index contributed by atoms with van der Waals surface area (Å²) in [5.74, 6) is 0.125. The summed E-state index contributed by atoms with van der Waals surface area (Å²) in [7, 11) is 0. The molecule has 1 N–H and O–H groups in total. The molecule has 1 amide bonds. The van der Waals surface area contributed by atoms with Gasteiger partial charge in [-0.1, -0.05) is 6.07 Å². The normalized spacial score (nSPS) is 16.7. The molecule has 4 aromatic rings. The van der Waals surface area contributed by atoms with Crippen LogP contribution in [0.2, 0.25) is 0 Å². The number of pyridine rings is 1. The Balaban J connectivity index is 1.45. The minimum atomic E-state index is -0.213. The van der Waals surface area contributed by atoms with E-state index >= 15 is 0 Å². The summed E-state index contributed by atoms with van der Waals surface area (Å²) >= 11 is 0. The number of fused-ring (bicyclic) bond motifs is 3. The number of benzene rings is 1. The van der Waals surface area contributed by atoms with Crippen molar-refractivity contribution in [1.82, 2.24) is 20.1 Å². The molecule has 3 aromatic heterocycles. The molecule has 148 valence electrons. The number of nitrogens with zero attached hydrogens (tertiary/aromatic N) is 3. The van der Waals surface area contributed by atoms with Crippen molar-refractivity contribution >= 4 is 27.8 Å². The summed E-state index contributed by atoms with van der Waals surface area (Å²) in [6, 6.07) is 9.70. The summed E-state index contributed by atoms with van der Waals surface area (Å²) in [5.41, 5.74) is 3.24. The van der Waals surface area contributed by atoms with Gasteiger partial charge in [-0.15, -0.1) is 0 Å². The first kappa shape index (κ1) is 17.9. The average molecular weight is 390 g/mol. The van der Waals surface area contributed by atoms with E-state index in [1.807, 2.05) is 48.1 Å². The zero-order chi connectivity index (χ0) is 19.8. The fourth-order valence-corrected chi connectivity index (χ4v) is 3.91. The summed E-state index contributed by atoms with van der Waals surface area (Å²) in [4.78, 5) is 17.0. The standard InChI is InChI=1S/C22H22N4O3/c1-14-19-18(29-21(14)22(27)24-11-17-6-4-10-28-17)8-7-15-12-26(25-20(15)19)13-16-5-2-3-9-23-16/h2-3,5,7-9,12,17H,4,6,10-11,13H2,1H3,(H,24,27)/t17-/m0/s1. The largest absolute Gasteiger partial charge is 0.451 e. The molecular formula is C22H22N4O3. The van der Waals surface area contributed by atoms with E-state index in [2.05, 4.69) is 10.3 Å². The van der Waals surface area contributed by atoms with Gasteiger partial charge in [-0.05, 0) is 44.0 Å². The zero-order valence-corrected chi connectivity index (χ0v) is 16.2. The number of ether oxygens (including phenoxy) is 1. The number of furan rings is 1. The predicted molar refractivity (Wildman–Crippen MR) is 109 cm³/mol. The molecule has 7 nitrogen and oxygen atoms in total. The van der Waals surface area contributed by atoms with Crippen molar-refractivity contribution in [1.29, 1.82) is 0 Å². The van der Waals surface area contributed by atoms with E-state index in [1.165, 1.54) is 0 Å². The molecule has 0 unspecified atom stereocenters. The number of aryl methyl sites for hydroxylation is 1. The Kier molecular flexibility index (Phi) is 4.52. The van der Waals surface area contributed by atoms with Crippen molar-refractivity contribution in [2.45, 2.75) is 32.4 Å². The lowest BCUT2D eigenvalue weighted by molar-refractivity contribution is 0.0836. The zero-order valence-electron chi connectivity index (χ0n) is 16.2. The molecule has 4 heterocycles. The van der Waals surface area contributed by atoms with Gasteiger partial charge < -0.3 is 14.5 Å². The highest BCUT2D eigenvalue weighted by Crippen LogP contribution is 2.31. The predicted octanol–water partition coefficient (Wildman–Crippen LogP) is 3.44. The van der Waals surface area contributed by atoms with Crippen molar-refractivity contribution in [3.05, 3.63) is 59.7 Å². The maximum atomic E-state index is 12.7. The second kappa shape index (κ2) is 7.33. The van der Waals surface area contributed by atoms with Crippen molar-refractivity contribution in [3.8, 4) is 0 Å². The number of aromatic nitrogens is 3. The van der Waals surface area contributed by atoms with E-state index < -0.39 is 0 Å². The molecule has 0 aliphatic carbocycles. The van der Waals surface area contributed by atoms with Gasteiger partial charge in [0.15, 0.2) is 5.76 Å². The minimum Gasteiger partial charge on any atom is -0.451 e. The number of carbonyl (C=O) groups excluding carboxylic acids is 1. The average Bonchev–Trinajstić information content (AvgIpc) is 3.45. The lowest BCUT2D eigenvalue weighted by atomic mass is 10.1. The number of nitrogens with one attached hydrogen (secondary N) is 1. The van der Waals surface area contributed by atoms with Crippen LogP contribution in [-0.4, -0.2) is 39.9 Å².